The maximum absolute atomic E-state index is 14.3. The maximum atomic E-state index is 14.3. The third-order valence-corrected chi connectivity index (χ3v) is 5.62. The van der Waals surface area contributed by atoms with E-state index in [0.29, 0.717) is 10.5 Å². The molecule has 194 valence electrons. The fourth-order valence-electron chi connectivity index (χ4n) is 3.67. The number of halogens is 2. The lowest BCUT2D eigenvalue weighted by Crippen LogP contribution is -2.54. The zero-order valence-corrected chi connectivity index (χ0v) is 20.5. The van der Waals surface area contributed by atoms with Gasteiger partial charge in [0.05, 0.1) is 22.2 Å². The molecule has 0 aromatic heterocycles. The highest BCUT2D eigenvalue weighted by Crippen LogP contribution is 2.38. The van der Waals surface area contributed by atoms with E-state index in [1.165, 1.54) is 54.6 Å². The average molecular weight is 540 g/mol. The van der Waals surface area contributed by atoms with Gasteiger partial charge in [-0.2, -0.15) is 0 Å². The fourth-order valence-corrected chi connectivity index (χ4v) is 3.94. The number of nitrogens with zero attached hydrogens (tertiary/aromatic N) is 2. The molecule has 4 rings (SSSR count). The van der Waals surface area contributed by atoms with Gasteiger partial charge in [-0.1, -0.05) is 35.9 Å². The van der Waals surface area contributed by atoms with Crippen LogP contribution in [0.3, 0.4) is 0 Å². The standard InChI is InChI=1S/C26H19ClFN3O7/c1-2-37-22-13-16(12-19(27)23(22)38-14-15-6-5-7-17(10-15)31(35)36)11-18-24(32)29-26(34)30(25(18)33)21-9-4-3-8-20(21)28/h3-13H,2,14H2,1H3,(H,29,32,34)/b18-11-. The van der Waals surface area contributed by atoms with E-state index in [-0.39, 0.29) is 46.7 Å². The first-order chi connectivity index (χ1) is 18.2. The Labute approximate surface area is 220 Å². The molecule has 1 N–H and O–H groups in total. The minimum atomic E-state index is -1.08. The summed E-state index contributed by atoms with van der Waals surface area (Å²) >= 11 is 6.44. The second-order valence-electron chi connectivity index (χ2n) is 7.89. The number of urea groups is 1. The van der Waals surface area contributed by atoms with Crippen LogP contribution in [0.4, 0.5) is 20.6 Å². The SMILES string of the molecule is CCOc1cc(/C=C2/C(=O)NC(=O)N(c3ccccc3F)C2=O)cc(Cl)c1OCc1cccc([N+](=O)[O-])c1. The van der Waals surface area contributed by atoms with E-state index in [1.54, 1.807) is 13.0 Å². The van der Waals surface area contributed by atoms with Gasteiger partial charge in [0.1, 0.15) is 18.0 Å². The molecular formula is C26H19ClFN3O7. The van der Waals surface area contributed by atoms with Gasteiger partial charge in [0.15, 0.2) is 11.5 Å². The molecule has 1 heterocycles. The molecule has 1 aliphatic heterocycles. The lowest BCUT2D eigenvalue weighted by atomic mass is 10.1. The number of nitro benzene ring substituents is 1. The van der Waals surface area contributed by atoms with Gasteiger partial charge in [0.2, 0.25) is 0 Å². The summed E-state index contributed by atoms with van der Waals surface area (Å²) in [7, 11) is 0. The van der Waals surface area contributed by atoms with E-state index < -0.39 is 34.2 Å². The number of carbonyl (C=O) groups is 3. The lowest BCUT2D eigenvalue weighted by molar-refractivity contribution is -0.384. The maximum Gasteiger partial charge on any atom is 0.336 e. The van der Waals surface area contributed by atoms with Gasteiger partial charge in [-0.15, -0.1) is 0 Å². The molecule has 0 bridgehead atoms. The molecule has 0 aliphatic carbocycles. The van der Waals surface area contributed by atoms with Gasteiger partial charge in [0, 0.05) is 12.1 Å². The average Bonchev–Trinajstić information content (AvgIpc) is 2.87. The van der Waals surface area contributed by atoms with E-state index in [2.05, 4.69) is 0 Å². The van der Waals surface area contributed by atoms with Crippen LogP contribution in [0.1, 0.15) is 18.1 Å². The minimum Gasteiger partial charge on any atom is -0.490 e. The van der Waals surface area contributed by atoms with Gasteiger partial charge >= 0.3 is 6.03 Å². The number of ether oxygens (including phenoxy) is 2. The number of carbonyl (C=O) groups excluding carboxylic acids is 3. The largest absolute Gasteiger partial charge is 0.490 e. The molecule has 1 aliphatic rings. The molecule has 1 fully saturated rings. The summed E-state index contributed by atoms with van der Waals surface area (Å²) in [4.78, 5) is 48.9. The van der Waals surface area contributed by atoms with Crippen molar-refractivity contribution in [3.8, 4) is 11.5 Å². The van der Waals surface area contributed by atoms with E-state index in [1.807, 2.05) is 5.32 Å². The number of rotatable bonds is 8. The van der Waals surface area contributed by atoms with Crippen LogP contribution in [0.5, 0.6) is 11.5 Å². The van der Waals surface area contributed by atoms with Gasteiger partial charge in [-0.05, 0) is 48.4 Å². The molecule has 4 amide bonds. The molecule has 0 radical (unpaired) electrons. The second-order valence-corrected chi connectivity index (χ2v) is 8.30. The number of imide groups is 2. The zero-order chi connectivity index (χ0) is 27.4. The van der Waals surface area contributed by atoms with Crippen molar-refractivity contribution in [1.29, 1.82) is 0 Å². The predicted molar refractivity (Wildman–Crippen MR) is 135 cm³/mol. The number of barbiturate groups is 1. The molecule has 0 unspecified atom stereocenters. The summed E-state index contributed by atoms with van der Waals surface area (Å²) in [5.74, 6) is -2.49. The predicted octanol–water partition coefficient (Wildman–Crippen LogP) is 5.03. The second kappa shape index (κ2) is 11.1. The number of para-hydroxylation sites is 1. The van der Waals surface area contributed by atoms with Crippen LogP contribution in [-0.2, 0) is 16.2 Å². The normalized spacial score (nSPS) is 14.4. The monoisotopic (exact) mass is 539 g/mol. The number of hydrogen-bond acceptors (Lipinski definition) is 7. The van der Waals surface area contributed by atoms with Gasteiger partial charge in [-0.3, -0.25) is 25.0 Å². The number of nitro groups is 1. The lowest BCUT2D eigenvalue weighted by Gasteiger charge is -2.26. The molecule has 0 atom stereocenters. The summed E-state index contributed by atoms with van der Waals surface area (Å²) in [6, 6.07) is 12.8. The van der Waals surface area contributed by atoms with Crippen LogP contribution in [0, 0.1) is 15.9 Å². The van der Waals surface area contributed by atoms with Gasteiger partial charge in [-0.25, -0.2) is 14.1 Å². The summed E-state index contributed by atoms with van der Waals surface area (Å²) < 4.78 is 25.7. The zero-order valence-electron chi connectivity index (χ0n) is 19.8. The molecule has 38 heavy (non-hydrogen) atoms. The van der Waals surface area contributed by atoms with Crippen molar-refractivity contribution in [2.75, 3.05) is 11.5 Å². The first kappa shape index (κ1) is 26.3. The third kappa shape index (κ3) is 5.47. The van der Waals surface area contributed by atoms with Crippen molar-refractivity contribution in [2.24, 2.45) is 0 Å². The highest BCUT2D eigenvalue weighted by Gasteiger charge is 2.38. The van der Waals surface area contributed by atoms with Crippen molar-refractivity contribution in [3.63, 3.8) is 0 Å². The molecule has 3 aromatic carbocycles. The summed E-state index contributed by atoms with van der Waals surface area (Å²) in [6.07, 6.45) is 1.19. The Hall–Kier alpha value is -4.77. The summed E-state index contributed by atoms with van der Waals surface area (Å²) in [5, 5.41) is 13.1. The highest BCUT2D eigenvalue weighted by molar-refractivity contribution is 6.39. The van der Waals surface area contributed by atoms with Crippen LogP contribution < -0.4 is 19.7 Å². The van der Waals surface area contributed by atoms with Crippen LogP contribution in [0.25, 0.3) is 6.08 Å². The fraction of sp³-hybridized carbons (Fsp3) is 0.115. The van der Waals surface area contributed by atoms with Crippen molar-refractivity contribution in [3.05, 3.63) is 98.3 Å². The Kier molecular flexibility index (Phi) is 7.68. The van der Waals surface area contributed by atoms with Gasteiger partial charge < -0.3 is 9.47 Å². The van der Waals surface area contributed by atoms with E-state index >= 15 is 0 Å². The van der Waals surface area contributed by atoms with E-state index in [4.69, 9.17) is 21.1 Å². The molecular weight excluding hydrogens is 521 g/mol. The molecule has 12 heteroatoms. The molecule has 10 nitrogen and oxygen atoms in total. The van der Waals surface area contributed by atoms with Crippen molar-refractivity contribution < 1.29 is 33.2 Å². The van der Waals surface area contributed by atoms with Crippen LogP contribution in [-0.4, -0.2) is 29.4 Å². The Morgan fingerprint density at radius 3 is 2.55 bits per heavy atom. The number of anilines is 1. The minimum absolute atomic E-state index is 0.0531. The quantitative estimate of drug-likeness (QED) is 0.184. The van der Waals surface area contributed by atoms with Crippen LogP contribution in [0.2, 0.25) is 5.02 Å². The third-order valence-electron chi connectivity index (χ3n) is 5.34. The summed E-state index contributed by atoms with van der Waals surface area (Å²) in [6.45, 7) is 1.89. The molecule has 0 spiro atoms. The Morgan fingerprint density at radius 2 is 1.84 bits per heavy atom. The Bertz CT molecular complexity index is 1490. The highest BCUT2D eigenvalue weighted by atomic mass is 35.5. The first-order valence-corrected chi connectivity index (χ1v) is 11.6. The smallest absolute Gasteiger partial charge is 0.336 e. The number of amides is 4. The van der Waals surface area contributed by atoms with E-state index in [9.17, 15) is 28.9 Å². The van der Waals surface area contributed by atoms with Crippen molar-refractivity contribution >= 4 is 46.9 Å². The topological polar surface area (TPSA) is 128 Å². The summed E-state index contributed by atoms with van der Waals surface area (Å²) in [5.41, 5.74) is -0.0562. The number of benzene rings is 3. The number of hydrogen-bond donors (Lipinski definition) is 1. The number of nitrogens with one attached hydrogen (secondary N) is 1. The van der Waals surface area contributed by atoms with Crippen molar-refractivity contribution in [2.45, 2.75) is 13.5 Å². The van der Waals surface area contributed by atoms with E-state index in [0.717, 1.165) is 6.07 Å². The van der Waals surface area contributed by atoms with Crippen LogP contribution in [0.15, 0.2) is 66.2 Å². The number of non-ortho nitro benzene ring substituents is 1. The Balaban J connectivity index is 1.66. The molecule has 0 saturated carbocycles. The van der Waals surface area contributed by atoms with Crippen LogP contribution >= 0.6 is 11.6 Å². The Morgan fingerprint density at radius 1 is 1.08 bits per heavy atom. The molecule has 3 aromatic rings. The first-order valence-electron chi connectivity index (χ1n) is 11.2. The van der Waals surface area contributed by atoms with Crippen molar-refractivity contribution in [1.82, 2.24) is 5.32 Å². The van der Waals surface area contributed by atoms with Gasteiger partial charge in [0.25, 0.3) is 17.5 Å². The molecule has 1 saturated heterocycles.